The van der Waals surface area contributed by atoms with Gasteiger partial charge in [-0.3, -0.25) is 9.59 Å². The minimum absolute atomic E-state index is 0.196. The van der Waals surface area contributed by atoms with E-state index in [1.54, 1.807) is 6.07 Å². The predicted octanol–water partition coefficient (Wildman–Crippen LogP) is 1.86. The average molecular weight is 329 g/mol. The fourth-order valence-corrected chi connectivity index (χ4v) is 2.77. The molecule has 0 unspecified atom stereocenters. The lowest BCUT2D eigenvalue weighted by Crippen LogP contribution is -2.29. The third kappa shape index (κ3) is 3.05. The summed E-state index contributed by atoms with van der Waals surface area (Å²) in [5.74, 6) is -1.62. The van der Waals surface area contributed by atoms with E-state index in [-0.39, 0.29) is 16.9 Å². The monoisotopic (exact) mass is 329 g/mol. The number of aromatic hydroxyl groups is 1. The third-order valence-electron chi connectivity index (χ3n) is 3.98. The van der Waals surface area contributed by atoms with E-state index in [2.05, 4.69) is 15.5 Å². The van der Waals surface area contributed by atoms with Gasteiger partial charge >= 0.3 is 0 Å². The summed E-state index contributed by atoms with van der Waals surface area (Å²) in [6, 6.07) is 5.93. The van der Waals surface area contributed by atoms with Crippen LogP contribution in [0.4, 0.5) is 4.39 Å². The highest BCUT2D eigenvalue weighted by Crippen LogP contribution is 2.28. The van der Waals surface area contributed by atoms with Crippen molar-refractivity contribution in [3.05, 3.63) is 62.8 Å². The number of rotatable bonds is 3. The Bertz CT molecular complexity index is 874. The van der Waals surface area contributed by atoms with Crippen molar-refractivity contribution in [2.75, 3.05) is 0 Å². The molecule has 124 valence electrons. The Kier molecular flexibility index (Phi) is 4.41. The summed E-state index contributed by atoms with van der Waals surface area (Å²) in [7, 11) is 0. The summed E-state index contributed by atoms with van der Waals surface area (Å²) in [5, 5.41) is 13.9. The third-order valence-corrected chi connectivity index (χ3v) is 3.98. The van der Waals surface area contributed by atoms with Gasteiger partial charge in [-0.05, 0) is 31.7 Å². The van der Waals surface area contributed by atoms with Gasteiger partial charge in [0, 0.05) is 16.8 Å². The summed E-state index contributed by atoms with van der Waals surface area (Å²) < 4.78 is 13.5. The number of benzene rings is 1. The first kappa shape index (κ1) is 15.9. The zero-order valence-electron chi connectivity index (χ0n) is 12.8. The van der Waals surface area contributed by atoms with Crippen LogP contribution in [0.3, 0.4) is 0 Å². The number of H-pyrrole nitrogens is 1. The van der Waals surface area contributed by atoms with Crippen molar-refractivity contribution in [1.29, 1.82) is 0 Å². The molecule has 3 N–H and O–H groups in total. The molecular weight excluding hydrogens is 313 g/mol. The average Bonchev–Trinajstić information content (AvgIpc) is 2.56. The van der Waals surface area contributed by atoms with Crippen LogP contribution in [0, 0.1) is 5.82 Å². The highest BCUT2D eigenvalue weighted by Gasteiger charge is 2.23. The van der Waals surface area contributed by atoms with E-state index < -0.39 is 17.3 Å². The Morgan fingerprint density at radius 3 is 2.83 bits per heavy atom. The summed E-state index contributed by atoms with van der Waals surface area (Å²) in [6.45, 7) is 0. The Morgan fingerprint density at radius 2 is 2.04 bits per heavy atom. The second kappa shape index (κ2) is 6.66. The molecule has 0 aliphatic heterocycles. The van der Waals surface area contributed by atoms with Gasteiger partial charge in [-0.25, -0.2) is 9.82 Å². The van der Waals surface area contributed by atoms with Crippen molar-refractivity contribution >= 4 is 12.1 Å². The van der Waals surface area contributed by atoms with Crippen molar-refractivity contribution in [1.82, 2.24) is 10.4 Å². The normalized spacial score (nSPS) is 13.7. The molecule has 24 heavy (non-hydrogen) atoms. The number of nitrogens with zero attached hydrogens (tertiary/aromatic N) is 1. The number of aromatic amines is 1. The fourth-order valence-electron chi connectivity index (χ4n) is 2.77. The molecule has 1 aliphatic carbocycles. The molecule has 0 radical (unpaired) electrons. The van der Waals surface area contributed by atoms with Crippen molar-refractivity contribution < 1.29 is 14.3 Å². The number of hydrogen-bond donors (Lipinski definition) is 3. The number of fused-ring (bicyclic) bond motifs is 1. The first-order valence-corrected chi connectivity index (χ1v) is 7.63. The molecule has 3 rings (SSSR count). The van der Waals surface area contributed by atoms with Gasteiger partial charge in [0.15, 0.2) is 0 Å². The summed E-state index contributed by atoms with van der Waals surface area (Å²) >= 11 is 0. The number of aromatic nitrogens is 1. The maximum atomic E-state index is 13.5. The van der Waals surface area contributed by atoms with E-state index in [1.165, 1.54) is 18.2 Å². The molecule has 1 aromatic carbocycles. The molecule has 1 amide bonds. The van der Waals surface area contributed by atoms with Crippen LogP contribution in [0.25, 0.3) is 0 Å². The van der Waals surface area contributed by atoms with Crippen LogP contribution in [-0.4, -0.2) is 22.2 Å². The Morgan fingerprint density at radius 1 is 1.29 bits per heavy atom. The molecule has 1 aliphatic rings. The number of nitrogens with one attached hydrogen (secondary N) is 2. The van der Waals surface area contributed by atoms with E-state index in [4.69, 9.17) is 0 Å². The molecule has 7 heteroatoms. The minimum Gasteiger partial charge on any atom is -0.507 e. The Hall–Kier alpha value is -2.96. The molecule has 0 bridgehead atoms. The van der Waals surface area contributed by atoms with Gasteiger partial charge in [-0.2, -0.15) is 5.10 Å². The lowest BCUT2D eigenvalue weighted by atomic mass is 9.94. The van der Waals surface area contributed by atoms with Crippen LogP contribution >= 0.6 is 0 Å². The van der Waals surface area contributed by atoms with Gasteiger partial charge in [-0.1, -0.05) is 18.2 Å². The largest absolute Gasteiger partial charge is 0.507 e. The van der Waals surface area contributed by atoms with Crippen LogP contribution in [0.2, 0.25) is 0 Å². The zero-order chi connectivity index (χ0) is 17.1. The number of amides is 1. The number of carbonyl (C=O) groups excluding carboxylic acids is 1. The maximum absolute atomic E-state index is 13.5. The minimum atomic E-state index is -0.838. The van der Waals surface area contributed by atoms with Gasteiger partial charge in [-0.15, -0.1) is 0 Å². The summed E-state index contributed by atoms with van der Waals surface area (Å²) in [5.41, 5.74) is 2.59. The molecule has 1 heterocycles. The molecule has 0 spiro atoms. The maximum Gasteiger partial charge on any atom is 0.280 e. The van der Waals surface area contributed by atoms with Crippen molar-refractivity contribution in [2.24, 2.45) is 5.10 Å². The smallest absolute Gasteiger partial charge is 0.280 e. The predicted molar refractivity (Wildman–Crippen MR) is 86.8 cm³/mol. The SMILES string of the molecule is O=C(NN=Cc1ccccc1F)c1c(O)c2c([nH]c1=O)CCCC2. The molecule has 0 fully saturated rings. The van der Waals surface area contributed by atoms with E-state index >= 15 is 0 Å². The number of aryl methyl sites for hydroxylation is 1. The van der Waals surface area contributed by atoms with Crippen LogP contribution in [0.15, 0.2) is 34.2 Å². The molecule has 0 atom stereocenters. The number of halogens is 1. The Balaban J connectivity index is 1.83. The van der Waals surface area contributed by atoms with Gasteiger partial charge in [0.25, 0.3) is 11.5 Å². The van der Waals surface area contributed by atoms with Crippen LogP contribution in [0.5, 0.6) is 5.75 Å². The van der Waals surface area contributed by atoms with E-state index in [0.717, 1.165) is 19.1 Å². The van der Waals surface area contributed by atoms with Gasteiger partial charge in [0.1, 0.15) is 17.1 Å². The van der Waals surface area contributed by atoms with Crippen LogP contribution in [-0.2, 0) is 12.8 Å². The van der Waals surface area contributed by atoms with Crippen LogP contribution in [0.1, 0.15) is 40.0 Å². The summed E-state index contributed by atoms with van der Waals surface area (Å²) in [4.78, 5) is 26.8. The fraction of sp³-hybridized carbons (Fsp3) is 0.235. The molecule has 6 nitrogen and oxygen atoms in total. The molecule has 0 saturated carbocycles. The first-order chi connectivity index (χ1) is 11.6. The van der Waals surface area contributed by atoms with Crippen molar-refractivity contribution in [3.63, 3.8) is 0 Å². The highest BCUT2D eigenvalue weighted by atomic mass is 19.1. The van der Waals surface area contributed by atoms with Crippen molar-refractivity contribution in [2.45, 2.75) is 25.7 Å². The number of pyridine rings is 1. The number of hydrogen-bond acceptors (Lipinski definition) is 4. The van der Waals surface area contributed by atoms with Gasteiger partial charge in [0.2, 0.25) is 0 Å². The molecular formula is C17H16FN3O3. The zero-order valence-corrected chi connectivity index (χ0v) is 12.8. The molecule has 1 aromatic heterocycles. The van der Waals surface area contributed by atoms with E-state index in [1.807, 2.05) is 0 Å². The summed E-state index contributed by atoms with van der Waals surface area (Å²) in [6.07, 6.45) is 4.24. The van der Waals surface area contributed by atoms with E-state index in [9.17, 15) is 19.1 Å². The number of hydrazone groups is 1. The lowest BCUT2D eigenvalue weighted by molar-refractivity contribution is 0.0950. The van der Waals surface area contributed by atoms with Gasteiger partial charge < -0.3 is 10.1 Å². The Labute approximate surface area is 137 Å². The second-order valence-electron chi connectivity index (χ2n) is 5.56. The van der Waals surface area contributed by atoms with Crippen molar-refractivity contribution in [3.8, 4) is 5.75 Å². The second-order valence-corrected chi connectivity index (χ2v) is 5.56. The molecule has 0 saturated heterocycles. The van der Waals surface area contributed by atoms with Gasteiger partial charge in [0.05, 0.1) is 6.21 Å². The van der Waals surface area contributed by atoms with Crippen LogP contribution < -0.4 is 11.0 Å². The first-order valence-electron chi connectivity index (χ1n) is 7.63. The van der Waals surface area contributed by atoms with E-state index in [0.29, 0.717) is 24.1 Å². The standard InChI is InChI=1S/C17H16FN3O3/c18-12-7-3-1-5-10(12)9-19-21-17(24)14-15(22)11-6-2-4-8-13(11)20-16(14)23/h1,3,5,7,9H,2,4,6,8H2,(H,21,24)(H2,20,22,23). The molecule has 2 aromatic rings. The highest BCUT2D eigenvalue weighted by molar-refractivity contribution is 5.97. The quantitative estimate of drug-likeness (QED) is 0.592. The topological polar surface area (TPSA) is 94.5 Å². The number of carbonyl (C=O) groups is 1. The lowest BCUT2D eigenvalue weighted by Gasteiger charge is -2.17.